The predicted molar refractivity (Wildman–Crippen MR) is 43.0 cm³/mol. The average molecular weight is 212 g/mol. The van der Waals surface area contributed by atoms with E-state index in [0.717, 1.165) is 3.92 Å². The fourth-order valence-corrected chi connectivity index (χ4v) is 1.14. The second-order valence-corrected chi connectivity index (χ2v) is 3.56. The lowest BCUT2D eigenvalue weighted by Crippen LogP contribution is -1.91. The van der Waals surface area contributed by atoms with Crippen LogP contribution in [-0.4, -0.2) is 3.92 Å². The van der Waals surface area contributed by atoms with Crippen molar-refractivity contribution >= 4 is 22.6 Å². The van der Waals surface area contributed by atoms with Crippen LogP contribution in [0.1, 0.15) is 33.1 Å². The predicted octanol–water partition coefficient (Wildman–Crippen LogP) is 3.00. The molecule has 0 heterocycles. The van der Waals surface area contributed by atoms with Gasteiger partial charge in [0.25, 0.3) is 0 Å². The number of hydrogen-bond donors (Lipinski definition) is 0. The quantitative estimate of drug-likeness (QED) is 0.498. The first-order chi connectivity index (χ1) is 3.31. The summed E-state index contributed by atoms with van der Waals surface area (Å²) in [6.45, 7) is 4.48. The third kappa shape index (κ3) is 4.59. The van der Waals surface area contributed by atoms with E-state index in [1.54, 1.807) is 0 Å². The van der Waals surface area contributed by atoms with Crippen molar-refractivity contribution in [2.24, 2.45) is 0 Å². The van der Waals surface area contributed by atoms with Gasteiger partial charge in [0, 0.05) is 3.92 Å². The Bertz CT molecular complexity index is 35.2. The van der Waals surface area contributed by atoms with E-state index in [1.807, 2.05) is 0 Å². The molecule has 7 heavy (non-hydrogen) atoms. The first-order valence-corrected chi connectivity index (χ1v) is 4.19. The molecule has 0 saturated heterocycles. The summed E-state index contributed by atoms with van der Waals surface area (Å²) < 4.78 is 0.919. The molecule has 0 aromatic carbocycles. The van der Waals surface area contributed by atoms with E-state index in [1.165, 1.54) is 19.3 Å². The van der Waals surface area contributed by atoms with Gasteiger partial charge >= 0.3 is 0 Å². The minimum Gasteiger partial charge on any atom is -0.0826 e. The van der Waals surface area contributed by atoms with Gasteiger partial charge < -0.3 is 0 Å². The molecule has 0 unspecified atom stereocenters. The highest BCUT2D eigenvalue weighted by atomic mass is 127. The van der Waals surface area contributed by atoms with Crippen LogP contribution in [0.5, 0.6) is 0 Å². The van der Waals surface area contributed by atoms with Crippen LogP contribution in [0, 0.1) is 0 Å². The van der Waals surface area contributed by atoms with Crippen LogP contribution in [-0.2, 0) is 0 Å². The van der Waals surface area contributed by atoms with Crippen molar-refractivity contribution < 1.29 is 0 Å². The van der Waals surface area contributed by atoms with Crippen molar-refractivity contribution in [3.63, 3.8) is 0 Å². The third-order valence-electron chi connectivity index (χ3n) is 1.04. The highest BCUT2D eigenvalue weighted by Crippen LogP contribution is 2.10. The summed E-state index contributed by atoms with van der Waals surface area (Å²) in [7, 11) is 0. The Kier molecular flexibility index (Phi) is 5.39. The molecule has 0 amide bonds. The van der Waals surface area contributed by atoms with Gasteiger partial charge in [0.05, 0.1) is 0 Å². The molecule has 0 radical (unpaired) electrons. The van der Waals surface area contributed by atoms with Crippen LogP contribution in [0.25, 0.3) is 0 Å². The number of alkyl halides is 1. The monoisotopic (exact) mass is 212 g/mol. The lowest BCUT2D eigenvalue weighted by molar-refractivity contribution is 0.741. The zero-order valence-corrected chi connectivity index (χ0v) is 7.23. The number of hydrogen-bond acceptors (Lipinski definition) is 0. The second-order valence-electron chi connectivity index (χ2n) is 1.79. The molecule has 1 atom stereocenters. The van der Waals surface area contributed by atoms with Gasteiger partial charge in [-0.1, -0.05) is 42.9 Å². The van der Waals surface area contributed by atoms with Gasteiger partial charge in [-0.2, -0.15) is 0 Å². The van der Waals surface area contributed by atoms with Crippen molar-refractivity contribution in [3.05, 3.63) is 0 Å². The van der Waals surface area contributed by atoms with E-state index in [4.69, 9.17) is 0 Å². The van der Waals surface area contributed by atoms with Crippen LogP contribution in [0.3, 0.4) is 0 Å². The number of rotatable bonds is 3. The summed E-state index contributed by atoms with van der Waals surface area (Å²) in [6, 6.07) is 0. The normalized spacial score (nSPS) is 14.1. The molecule has 0 aliphatic carbocycles. The van der Waals surface area contributed by atoms with E-state index >= 15 is 0 Å². The second kappa shape index (κ2) is 4.88. The summed E-state index contributed by atoms with van der Waals surface area (Å²) in [4.78, 5) is 0. The Morgan fingerprint density at radius 3 is 2.14 bits per heavy atom. The Labute approximate surface area is 59.8 Å². The standard InChI is InChI=1S/C6H13I/c1-3-5-6(7)4-2/h6H,3-5H2,1-2H3/t6-/m0/s1. The molecular formula is C6H13I. The molecule has 0 N–H and O–H groups in total. The fraction of sp³-hybridized carbons (Fsp3) is 1.00. The van der Waals surface area contributed by atoms with E-state index in [2.05, 4.69) is 36.4 Å². The highest BCUT2D eigenvalue weighted by Gasteiger charge is 1.94. The summed E-state index contributed by atoms with van der Waals surface area (Å²) >= 11 is 2.51. The first kappa shape index (κ1) is 7.73. The SMILES string of the molecule is CCC[C@@H](I)CC. The van der Waals surface area contributed by atoms with Gasteiger partial charge in [-0.05, 0) is 12.8 Å². The van der Waals surface area contributed by atoms with Gasteiger partial charge in [0.15, 0.2) is 0 Å². The molecule has 44 valence electrons. The number of halogens is 1. The van der Waals surface area contributed by atoms with Crippen molar-refractivity contribution in [2.45, 2.75) is 37.0 Å². The van der Waals surface area contributed by atoms with E-state index in [0.29, 0.717) is 0 Å². The van der Waals surface area contributed by atoms with Gasteiger partial charge in [-0.25, -0.2) is 0 Å². The third-order valence-corrected chi connectivity index (χ3v) is 2.55. The fourth-order valence-electron chi connectivity index (χ4n) is 0.517. The van der Waals surface area contributed by atoms with Gasteiger partial charge in [-0.3, -0.25) is 0 Å². The highest BCUT2D eigenvalue weighted by molar-refractivity contribution is 14.1. The minimum absolute atomic E-state index is 0.919. The molecule has 0 aromatic heterocycles. The molecular weight excluding hydrogens is 199 g/mol. The van der Waals surface area contributed by atoms with Crippen LogP contribution < -0.4 is 0 Å². The average Bonchev–Trinajstić information content (AvgIpc) is 1.68. The summed E-state index contributed by atoms with van der Waals surface area (Å²) in [5, 5.41) is 0. The molecule has 0 bridgehead atoms. The molecule has 0 rings (SSSR count). The summed E-state index contributed by atoms with van der Waals surface area (Å²) in [6.07, 6.45) is 4.05. The Morgan fingerprint density at radius 2 is 2.00 bits per heavy atom. The topological polar surface area (TPSA) is 0 Å². The van der Waals surface area contributed by atoms with Crippen LogP contribution in [0.15, 0.2) is 0 Å². The summed E-state index contributed by atoms with van der Waals surface area (Å²) in [5.41, 5.74) is 0. The van der Waals surface area contributed by atoms with Crippen LogP contribution in [0.4, 0.5) is 0 Å². The maximum Gasteiger partial charge on any atom is 0.0107 e. The zero-order valence-electron chi connectivity index (χ0n) is 5.08. The van der Waals surface area contributed by atoms with Crippen molar-refractivity contribution in [2.75, 3.05) is 0 Å². The molecule has 0 nitrogen and oxygen atoms in total. The first-order valence-electron chi connectivity index (χ1n) is 2.95. The van der Waals surface area contributed by atoms with Gasteiger partial charge in [0.2, 0.25) is 0 Å². The molecule has 0 fully saturated rings. The van der Waals surface area contributed by atoms with Crippen LogP contribution in [0.2, 0.25) is 0 Å². The van der Waals surface area contributed by atoms with Crippen LogP contribution >= 0.6 is 22.6 Å². The molecule has 0 saturated carbocycles. The Hall–Kier alpha value is 0.730. The zero-order chi connectivity index (χ0) is 5.70. The smallest absolute Gasteiger partial charge is 0.0107 e. The van der Waals surface area contributed by atoms with E-state index in [9.17, 15) is 0 Å². The van der Waals surface area contributed by atoms with E-state index < -0.39 is 0 Å². The maximum atomic E-state index is 2.51. The molecule has 0 aliphatic heterocycles. The molecule has 0 aliphatic rings. The van der Waals surface area contributed by atoms with E-state index in [-0.39, 0.29) is 0 Å². The molecule has 0 aromatic rings. The molecule has 0 spiro atoms. The minimum atomic E-state index is 0.919. The van der Waals surface area contributed by atoms with Gasteiger partial charge in [0.1, 0.15) is 0 Å². The van der Waals surface area contributed by atoms with Crippen molar-refractivity contribution in [3.8, 4) is 0 Å². The van der Waals surface area contributed by atoms with Gasteiger partial charge in [-0.15, -0.1) is 0 Å². The van der Waals surface area contributed by atoms with Crippen molar-refractivity contribution in [1.82, 2.24) is 0 Å². The lowest BCUT2D eigenvalue weighted by atomic mass is 10.2. The lowest BCUT2D eigenvalue weighted by Gasteiger charge is -2.00. The molecule has 1 heteroatoms. The van der Waals surface area contributed by atoms with Crippen molar-refractivity contribution in [1.29, 1.82) is 0 Å². The largest absolute Gasteiger partial charge is 0.0826 e. The Balaban J connectivity index is 2.83. The Morgan fingerprint density at radius 1 is 1.43 bits per heavy atom. The maximum absolute atomic E-state index is 2.51. The summed E-state index contributed by atoms with van der Waals surface area (Å²) in [5.74, 6) is 0.